The molecule has 0 saturated carbocycles. The molecule has 0 spiro atoms. The summed E-state index contributed by atoms with van der Waals surface area (Å²) in [4.78, 5) is 10.1. The maximum atomic E-state index is 12.5. The lowest BCUT2D eigenvalue weighted by atomic mass is 10.1. The highest BCUT2D eigenvalue weighted by atomic mass is 32.2. The van der Waals surface area contributed by atoms with E-state index in [9.17, 15) is 18.5 Å². The summed E-state index contributed by atoms with van der Waals surface area (Å²) in [6, 6.07) is 4.71. The molecule has 7 heteroatoms. The summed E-state index contributed by atoms with van der Waals surface area (Å²) < 4.78 is 26.5. The summed E-state index contributed by atoms with van der Waals surface area (Å²) in [6.07, 6.45) is 2.40. The molecule has 0 aliphatic carbocycles. The molecule has 0 N–H and O–H groups in total. The molecular formula is C14H18N2O4S. The molecule has 1 aromatic rings. The third-order valence-corrected chi connectivity index (χ3v) is 5.44. The van der Waals surface area contributed by atoms with Gasteiger partial charge in [-0.3, -0.25) is 10.1 Å². The summed E-state index contributed by atoms with van der Waals surface area (Å²) in [5.41, 5.74) is -0.126. The largest absolute Gasteiger partial charge is 0.269 e. The van der Waals surface area contributed by atoms with Crippen LogP contribution in [0.2, 0.25) is 0 Å². The van der Waals surface area contributed by atoms with Crippen LogP contribution in [0.25, 0.3) is 0 Å². The van der Waals surface area contributed by atoms with Crippen LogP contribution in [0.4, 0.5) is 5.69 Å². The van der Waals surface area contributed by atoms with Gasteiger partial charge in [-0.15, -0.1) is 6.58 Å². The molecule has 6 nitrogen and oxygen atoms in total. The van der Waals surface area contributed by atoms with E-state index in [0.29, 0.717) is 5.92 Å². The Labute approximate surface area is 124 Å². The van der Waals surface area contributed by atoms with E-state index in [1.54, 1.807) is 6.08 Å². The zero-order chi connectivity index (χ0) is 15.8. The van der Waals surface area contributed by atoms with Crippen molar-refractivity contribution in [2.75, 3.05) is 0 Å². The van der Waals surface area contributed by atoms with E-state index in [0.717, 1.165) is 6.42 Å². The predicted octanol–water partition coefficient (Wildman–Crippen LogP) is 2.57. The van der Waals surface area contributed by atoms with Gasteiger partial charge in [0.05, 0.1) is 15.9 Å². The minimum absolute atomic E-state index is 0.0670. The molecule has 1 aliphatic rings. The van der Waals surface area contributed by atoms with E-state index < -0.39 is 14.9 Å². The summed E-state index contributed by atoms with van der Waals surface area (Å²) in [5.74, 6) is 0.384. The molecule has 1 aliphatic heterocycles. The number of nitrogens with zero attached hydrogens (tertiary/aromatic N) is 2. The second-order valence-electron chi connectivity index (χ2n) is 5.51. The molecule has 0 radical (unpaired) electrons. The highest BCUT2D eigenvalue weighted by Gasteiger charge is 2.53. The highest BCUT2D eigenvalue weighted by Crippen LogP contribution is 2.40. The lowest BCUT2D eigenvalue weighted by Gasteiger charge is -2.07. The molecule has 3 atom stereocenters. The Morgan fingerprint density at radius 2 is 1.95 bits per heavy atom. The lowest BCUT2D eigenvalue weighted by molar-refractivity contribution is -0.384. The number of rotatable bonds is 6. The molecule has 114 valence electrons. The first-order valence-electron chi connectivity index (χ1n) is 6.69. The molecule has 1 unspecified atom stereocenters. The Hall–Kier alpha value is -1.73. The lowest BCUT2D eigenvalue weighted by Crippen LogP contribution is -2.16. The fraction of sp³-hybridized carbons (Fsp3) is 0.429. The first kappa shape index (κ1) is 15.7. The van der Waals surface area contributed by atoms with Crippen molar-refractivity contribution in [1.82, 2.24) is 4.31 Å². The smallest absolute Gasteiger partial charge is 0.258 e. The first-order chi connectivity index (χ1) is 9.78. The van der Waals surface area contributed by atoms with Crippen LogP contribution in [0.15, 0.2) is 41.8 Å². The topological polar surface area (TPSA) is 80.3 Å². The minimum Gasteiger partial charge on any atom is -0.258 e. The van der Waals surface area contributed by atoms with Gasteiger partial charge in [-0.1, -0.05) is 19.9 Å². The van der Waals surface area contributed by atoms with E-state index in [2.05, 4.69) is 6.58 Å². The van der Waals surface area contributed by atoms with E-state index >= 15 is 0 Å². The Kier molecular flexibility index (Phi) is 4.15. The number of hydrogen-bond acceptors (Lipinski definition) is 4. The quantitative estimate of drug-likeness (QED) is 0.350. The van der Waals surface area contributed by atoms with Crippen molar-refractivity contribution in [2.45, 2.75) is 37.2 Å². The predicted molar refractivity (Wildman–Crippen MR) is 79.3 cm³/mol. The van der Waals surface area contributed by atoms with Crippen LogP contribution in [0.1, 0.15) is 20.3 Å². The first-order valence-corrected chi connectivity index (χ1v) is 8.13. The maximum Gasteiger partial charge on any atom is 0.269 e. The van der Waals surface area contributed by atoms with Crippen LogP contribution in [0.5, 0.6) is 0 Å². The number of non-ortho nitro benzene ring substituents is 1. The number of sulfonamides is 1. The van der Waals surface area contributed by atoms with Gasteiger partial charge in [0.2, 0.25) is 10.0 Å². The van der Waals surface area contributed by atoms with Crippen LogP contribution in [-0.4, -0.2) is 29.7 Å². The van der Waals surface area contributed by atoms with Crippen LogP contribution in [-0.2, 0) is 10.0 Å². The zero-order valence-corrected chi connectivity index (χ0v) is 12.8. The maximum absolute atomic E-state index is 12.5. The molecule has 1 heterocycles. The van der Waals surface area contributed by atoms with Gasteiger partial charge < -0.3 is 0 Å². The van der Waals surface area contributed by atoms with Gasteiger partial charge in [0.15, 0.2) is 0 Å². The second-order valence-corrected chi connectivity index (χ2v) is 7.35. The van der Waals surface area contributed by atoms with Crippen molar-refractivity contribution < 1.29 is 13.3 Å². The standard InChI is InChI=1S/C14H18N2O4S/c1-4-13-14(9-10(2)3)15(13)21(19,20)12-7-5-11(6-8-12)16(17)18/h4-8,10,13-14H,1,9H2,2-3H3/t13-,14+,15?/m1/s1. The molecular weight excluding hydrogens is 292 g/mol. The fourth-order valence-corrected chi connectivity index (χ4v) is 4.25. The van der Waals surface area contributed by atoms with Gasteiger partial charge >= 0.3 is 0 Å². The average molecular weight is 310 g/mol. The molecule has 1 aromatic carbocycles. The van der Waals surface area contributed by atoms with E-state index in [-0.39, 0.29) is 22.7 Å². The monoisotopic (exact) mass is 310 g/mol. The number of nitro groups is 1. The molecule has 1 saturated heterocycles. The molecule has 0 amide bonds. The second kappa shape index (κ2) is 5.57. The van der Waals surface area contributed by atoms with E-state index in [1.165, 1.54) is 28.6 Å². The molecule has 2 rings (SSSR count). The fourth-order valence-electron chi connectivity index (χ4n) is 2.46. The Morgan fingerprint density at radius 1 is 1.38 bits per heavy atom. The van der Waals surface area contributed by atoms with Crippen molar-refractivity contribution in [3.63, 3.8) is 0 Å². The van der Waals surface area contributed by atoms with Crippen LogP contribution in [0.3, 0.4) is 0 Å². The van der Waals surface area contributed by atoms with Crippen molar-refractivity contribution >= 4 is 15.7 Å². The normalized spacial score (nSPS) is 24.8. The highest BCUT2D eigenvalue weighted by molar-refractivity contribution is 7.89. The Morgan fingerprint density at radius 3 is 2.38 bits per heavy atom. The van der Waals surface area contributed by atoms with Gasteiger partial charge in [0, 0.05) is 18.2 Å². The molecule has 21 heavy (non-hydrogen) atoms. The van der Waals surface area contributed by atoms with Gasteiger partial charge in [-0.25, -0.2) is 8.42 Å². The Bertz CT molecular complexity index is 652. The van der Waals surface area contributed by atoms with Crippen LogP contribution >= 0.6 is 0 Å². The van der Waals surface area contributed by atoms with Crippen molar-refractivity contribution in [1.29, 1.82) is 0 Å². The van der Waals surface area contributed by atoms with E-state index in [1.807, 2.05) is 13.8 Å². The summed E-state index contributed by atoms with van der Waals surface area (Å²) in [6.45, 7) is 7.75. The van der Waals surface area contributed by atoms with Gasteiger partial charge in [-0.05, 0) is 24.5 Å². The van der Waals surface area contributed by atoms with Gasteiger partial charge in [0.1, 0.15) is 0 Å². The summed E-state index contributed by atoms with van der Waals surface area (Å²) >= 11 is 0. The number of hydrogen-bond donors (Lipinski definition) is 0. The number of benzene rings is 1. The van der Waals surface area contributed by atoms with E-state index in [4.69, 9.17) is 0 Å². The van der Waals surface area contributed by atoms with Gasteiger partial charge in [-0.2, -0.15) is 4.31 Å². The van der Waals surface area contributed by atoms with Crippen molar-refractivity contribution in [3.8, 4) is 0 Å². The summed E-state index contributed by atoms with van der Waals surface area (Å²) in [5, 5.41) is 10.6. The molecule has 0 aromatic heterocycles. The van der Waals surface area contributed by atoms with Crippen molar-refractivity contribution in [3.05, 3.63) is 47.0 Å². The minimum atomic E-state index is -3.62. The molecule has 0 bridgehead atoms. The summed E-state index contributed by atoms with van der Waals surface area (Å²) in [7, 11) is -3.62. The van der Waals surface area contributed by atoms with Crippen LogP contribution < -0.4 is 0 Å². The third-order valence-electron chi connectivity index (χ3n) is 3.50. The number of nitro benzene ring substituents is 1. The molecule has 1 fully saturated rings. The Balaban J connectivity index is 2.26. The third kappa shape index (κ3) is 2.98. The SMILES string of the molecule is C=C[C@@H]1[C@H](CC(C)C)N1S(=O)(=O)c1ccc([N+](=O)[O-])cc1. The van der Waals surface area contributed by atoms with Crippen molar-refractivity contribution in [2.24, 2.45) is 5.92 Å². The van der Waals surface area contributed by atoms with Crippen LogP contribution in [0, 0.1) is 16.0 Å². The van der Waals surface area contributed by atoms with Gasteiger partial charge in [0.25, 0.3) is 5.69 Å². The zero-order valence-electron chi connectivity index (χ0n) is 12.0. The average Bonchev–Trinajstić information content (AvgIpc) is 3.11.